The van der Waals surface area contributed by atoms with E-state index in [1.54, 1.807) is 4.68 Å². The molecule has 0 saturated carbocycles. The first-order valence-electron chi connectivity index (χ1n) is 5.09. The lowest BCUT2D eigenvalue weighted by molar-refractivity contribution is 0.743. The van der Waals surface area contributed by atoms with E-state index in [4.69, 9.17) is 5.73 Å². The Balaban J connectivity index is 2.08. The number of aliphatic imine (C=N–C) groups is 1. The molecular weight excluding hydrogens is 200 g/mol. The minimum absolute atomic E-state index is 0.515. The molecule has 4 heteroatoms. The van der Waals surface area contributed by atoms with Crippen LogP contribution in [0.25, 0.3) is 0 Å². The van der Waals surface area contributed by atoms with Crippen molar-refractivity contribution in [3.05, 3.63) is 53.9 Å². The number of rotatable bonds is 3. The number of amidine groups is 1. The van der Waals surface area contributed by atoms with Crippen molar-refractivity contribution in [3.63, 3.8) is 0 Å². The lowest BCUT2D eigenvalue weighted by Crippen LogP contribution is -2.13. The van der Waals surface area contributed by atoms with Crippen LogP contribution in [0.3, 0.4) is 0 Å². The predicted octanol–water partition coefficient (Wildman–Crippen LogP) is 1.33. The number of hydrogen-bond donors (Lipinski definition) is 1. The quantitative estimate of drug-likeness (QED) is 0.619. The van der Waals surface area contributed by atoms with Gasteiger partial charge in [0.15, 0.2) is 0 Å². The van der Waals surface area contributed by atoms with Crippen molar-refractivity contribution in [1.29, 1.82) is 0 Å². The SMILES string of the molecule is Cn1ccc(CN=C(N)c2ccccc2)n1. The first kappa shape index (κ1) is 10.4. The largest absolute Gasteiger partial charge is 0.383 e. The van der Waals surface area contributed by atoms with Crippen LogP contribution >= 0.6 is 0 Å². The molecular formula is C12H14N4. The summed E-state index contributed by atoms with van der Waals surface area (Å²) in [6.07, 6.45) is 1.89. The van der Waals surface area contributed by atoms with Gasteiger partial charge in [-0.2, -0.15) is 5.10 Å². The summed E-state index contributed by atoms with van der Waals surface area (Å²) >= 11 is 0. The highest BCUT2D eigenvalue weighted by atomic mass is 15.2. The van der Waals surface area contributed by atoms with Gasteiger partial charge in [-0.1, -0.05) is 30.3 Å². The maximum Gasteiger partial charge on any atom is 0.126 e. The Kier molecular flexibility index (Phi) is 3.00. The normalized spacial score (nSPS) is 11.7. The number of nitrogens with two attached hydrogens (primary N) is 1. The fraction of sp³-hybridized carbons (Fsp3) is 0.167. The van der Waals surface area contributed by atoms with Crippen LogP contribution in [0.1, 0.15) is 11.3 Å². The molecule has 0 amide bonds. The lowest BCUT2D eigenvalue weighted by atomic mass is 10.2. The second kappa shape index (κ2) is 4.61. The minimum Gasteiger partial charge on any atom is -0.383 e. The van der Waals surface area contributed by atoms with Crippen LogP contribution < -0.4 is 5.73 Å². The Labute approximate surface area is 94.4 Å². The van der Waals surface area contributed by atoms with Crippen molar-refractivity contribution < 1.29 is 0 Å². The third-order valence-corrected chi connectivity index (χ3v) is 2.25. The molecule has 0 aliphatic heterocycles. The van der Waals surface area contributed by atoms with Crippen LogP contribution in [-0.4, -0.2) is 15.6 Å². The minimum atomic E-state index is 0.515. The van der Waals surface area contributed by atoms with Gasteiger partial charge in [0.05, 0.1) is 12.2 Å². The van der Waals surface area contributed by atoms with E-state index in [9.17, 15) is 0 Å². The van der Waals surface area contributed by atoms with E-state index in [0.29, 0.717) is 12.4 Å². The van der Waals surface area contributed by atoms with Gasteiger partial charge in [-0.15, -0.1) is 0 Å². The maximum absolute atomic E-state index is 5.87. The van der Waals surface area contributed by atoms with E-state index in [-0.39, 0.29) is 0 Å². The Morgan fingerprint density at radius 3 is 2.69 bits per heavy atom. The fourth-order valence-electron chi connectivity index (χ4n) is 1.41. The van der Waals surface area contributed by atoms with E-state index in [0.717, 1.165) is 11.3 Å². The molecule has 2 rings (SSSR count). The van der Waals surface area contributed by atoms with Gasteiger partial charge >= 0.3 is 0 Å². The summed E-state index contributed by atoms with van der Waals surface area (Å²) in [7, 11) is 1.88. The molecule has 0 bridgehead atoms. The number of nitrogens with zero attached hydrogens (tertiary/aromatic N) is 3. The molecule has 0 unspecified atom stereocenters. The van der Waals surface area contributed by atoms with Crippen molar-refractivity contribution in [2.45, 2.75) is 6.54 Å². The van der Waals surface area contributed by atoms with Crippen LogP contribution in [0.4, 0.5) is 0 Å². The van der Waals surface area contributed by atoms with Crippen molar-refractivity contribution in [1.82, 2.24) is 9.78 Å². The summed E-state index contributed by atoms with van der Waals surface area (Å²) in [5.41, 5.74) is 7.73. The second-order valence-electron chi connectivity index (χ2n) is 3.55. The molecule has 0 saturated heterocycles. The van der Waals surface area contributed by atoms with Crippen LogP contribution in [0.15, 0.2) is 47.6 Å². The number of benzene rings is 1. The smallest absolute Gasteiger partial charge is 0.126 e. The lowest BCUT2D eigenvalue weighted by Gasteiger charge is -1.99. The molecule has 0 spiro atoms. The highest BCUT2D eigenvalue weighted by Gasteiger charge is 1.98. The van der Waals surface area contributed by atoms with Gasteiger partial charge in [-0.3, -0.25) is 9.67 Å². The van der Waals surface area contributed by atoms with Crippen molar-refractivity contribution in [3.8, 4) is 0 Å². The standard InChI is InChI=1S/C12H14N4/c1-16-8-7-11(15-16)9-14-12(13)10-5-3-2-4-6-10/h2-8H,9H2,1H3,(H2,13,14). The third-order valence-electron chi connectivity index (χ3n) is 2.25. The zero-order chi connectivity index (χ0) is 11.4. The molecule has 4 nitrogen and oxygen atoms in total. The first-order valence-corrected chi connectivity index (χ1v) is 5.09. The Hall–Kier alpha value is -2.10. The van der Waals surface area contributed by atoms with Gasteiger partial charge in [0, 0.05) is 18.8 Å². The molecule has 0 atom stereocenters. The fourth-order valence-corrected chi connectivity index (χ4v) is 1.41. The summed E-state index contributed by atoms with van der Waals surface area (Å²) in [5, 5.41) is 4.23. The number of hydrogen-bond acceptors (Lipinski definition) is 2. The summed E-state index contributed by atoms with van der Waals surface area (Å²) in [6, 6.07) is 11.7. The van der Waals surface area contributed by atoms with Crippen LogP contribution in [0, 0.1) is 0 Å². The average Bonchev–Trinajstić information content (AvgIpc) is 2.73. The monoisotopic (exact) mass is 214 g/mol. The molecule has 16 heavy (non-hydrogen) atoms. The summed E-state index contributed by atoms with van der Waals surface area (Å²) in [5.74, 6) is 0.547. The van der Waals surface area contributed by atoms with Crippen LogP contribution in [0.2, 0.25) is 0 Å². The molecule has 1 aromatic carbocycles. The molecule has 2 N–H and O–H groups in total. The molecule has 1 heterocycles. The van der Waals surface area contributed by atoms with Crippen molar-refractivity contribution >= 4 is 5.84 Å². The highest BCUT2D eigenvalue weighted by Crippen LogP contribution is 2.01. The first-order chi connectivity index (χ1) is 7.75. The van der Waals surface area contributed by atoms with Gasteiger partial charge < -0.3 is 5.73 Å². The van der Waals surface area contributed by atoms with Crippen molar-refractivity contribution in [2.75, 3.05) is 0 Å². The van der Waals surface area contributed by atoms with Gasteiger partial charge in [-0.05, 0) is 6.07 Å². The van der Waals surface area contributed by atoms with Crippen LogP contribution in [0.5, 0.6) is 0 Å². The van der Waals surface area contributed by atoms with E-state index in [1.807, 2.05) is 49.6 Å². The molecule has 0 aliphatic carbocycles. The van der Waals surface area contributed by atoms with E-state index >= 15 is 0 Å². The molecule has 0 fully saturated rings. The van der Waals surface area contributed by atoms with Gasteiger partial charge in [0.1, 0.15) is 5.84 Å². The zero-order valence-electron chi connectivity index (χ0n) is 9.17. The number of aryl methyl sites for hydroxylation is 1. The predicted molar refractivity (Wildman–Crippen MR) is 64.1 cm³/mol. The van der Waals surface area contributed by atoms with Crippen molar-refractivity contribution in [2.24, 2.45) is 17.8 Å². The number of aromatic nitrogens is 2. The Morgan fingerprint density at radius 1 is 1.31 bits per heavy atom. The van der Waals surface area contributed by atoms with Gasteiger partial charge in [0.25, 0.3) is 0 Å². The highest BCUT2D eigenvalue weighted by molar-refractivity contribution is 5.97. The average molecular weight is 214 g/mol. The second-order valence-corrected chi connectivity index (χ2v) is 3.55. The summed E-state index contributed by atoms with van der Waals surface area (Å²) < 4.78 is 1.75. The maximum atomic E-state index is 5.87. The topological polar surface area (TPSA) is 56.2 Å². The van der Waals surface area contributed by atoms with E-state index < -0.39 is 0 Å². The molecule has 1 aromatic heterocycles. The van der Waals surface area contributed by atoms with Crippen LogP contribution in [-0.2, 0) is 13.6 Å². The van der Waals surface area contributed by atoms with E-state index in [1.165, 1.54) is 0 Å². The molecule has 2 aromatic rings. The Morgan fingerprint density at radius 2 is 2.06 bits per heavy atom. The van der Waals surface area contributed by atoms with Gasteiger partial charge in [-0.25, -0.2) is 0 Å². The molecule has 0 aliphatic rings. The molecule has 0 radical (unpaired) electrons. The third kappa shape index (κ3) is 2.48. The molecule has 82 valence electrons. The summed E-state index contributed by atoms with van der Waals surface area (Å²) in [4.78, 5) is 4.30. The zero-order valence-corrected chi connectivity index (χ0v) is 9.17. The van der Waals surface area contributed by atoms with E-state index in [2.05, 4.69) is 10.1 Å². The Bertz CT molecular complexity index is 485. The summed E-state index contributed by atoms with van der Waals surface area (Å²) in [6.45, 7) is 0.515. The van der Waals surface area contributed by atoms with Gasteiger partial charge in [0.2, 0.25) is 0 Å².